The molecular weight excluding hydrogens is 233 g/mol. The standard InChI is InChI=1S/C10H19N3.2ClH/c1-12(2)8-6-11-9-10-5-4-7-13(10)3;;/h4-5,7,11H,6,8-9H2,1-3H3;2*1H. The lowest BCUT2D eigenvalue weighted by molar-refractivity contribution is 0.399. The minimum atomic E-state index is 0. The molecule has 0 unspecified atom stereocenters. The first-order chi connectivity index (χ1) is 6.20. The molecule has 90 valence electrons. The summed E-state index contributed by atoms with van der Waals surface area (Å²) in [7, 11) is 6.25. The maximum atomic E-state index is 3.40. The summed E-state index contributed by atoms with van der Waals surface area (Å²) in [5, 5.41) is 3.40. The van der Waals surface area contributed by atoms with Crippen molar-refractivity contribution >= 4 is 24.8 Å². The van der Waals surface area contributed by atoms with Crippen LogP contribution in [-0.4, -0.2) is 36.7 Å². The summed E-state index contributed by atoms with van der Waals surface area (Å²) in [5.74, 6) is 0. The highest BCUT2D eigenvalue weighted by atomic mass is 35.5. The normalized spacial score (nSPS) is 9.60. The van der Waals surface area contributed by atoms with Crippen molar-refractivity contribution in [2.45, 2.75) is 6.54 Å². The van der Waals surface area contributed by atoms with Crippen LogP contribution in [0.2, 0.25) is 0 Å². The van der Waals surface area contributed by atoms with E-state index in [1.807, 2.05) is 0 Å². The second kappa shape index (κ2) is 9.04. The average Bonchev–Trinajstić information content (AvgIpc) is 2.45. The third-order valence-corrected chi connectivity index (χ3v) is 2.09. The molecule has 15 heavy (non-hydrogen) atoms. The first kappa shape index (κ1) is 17.2. The van der Waals surface area contributed by atoms with Crippen molar-refractivity contribution < 1.29 is 0 Å². The number of aromatic nitrogens is 1. The molecule has 0 amide bonds. The zero-order chi connectivity index (χ0) is 9.68. The van der Waals surface area contributed by atoms with Gasteiger partial charge in [0.2, 0.25) is 0 Å². The molecule has 0 aliphatic carbocycles. The van der Waals surface area contributed by atoms with Crippen molar-refractivity contribution in [2.24, 2.45) is 7.05 Å². The van der Waals surface area contributed by atoms with E-state index in [-0.39, 0.29) is 24.8 Å². The van der Waals surface area contributed by atoms with E-state index in [4.69, 9.17) is 0 Å². The largest absolute Gasteiger partial charge is 0.353 e. The number of rotatable bonds is 5. The maximum absolute atomic E-state index is 3.40. The lowest BCUT2D eigenvalue weighted by Crippen LogP contribution is -2.26. The number of likely N-dealkylation sites (N-methyl/N-ethyl adjacent to an activating group) is 1. The van der Waals surface area contributed by atoms with Crippen LogP contribution in [0.3, 0.4) is 0 Å². The van der Waals surface area contributed by atoms with Gasteiger partial charge in [0.1, 0.15) is 0 Å². The van der Waals surface area contributed by atoms with Gasteiger partial charge in [-0.2, -0.15) is 0 Å². The van der Waals surface area contributed by atoms with E-state index >= 15 is 0 Å². The van der Waals surface area contributed by atoms with Crippen molar-refractivity contribution in [1.82, 2.24) is 14.8 Å². The molecule has 1 aromatic heterocycles. The van der Waals surface area contributed by atoms with E-state index in [0.29, 0.717) is 0 Å². The molecule has 5 heteroatoms. The Balaban J connectivity index is 0. The van der Waals surface area contributed by atoms with Crippen molar-refractivity contribution in [3.8, 4) is 0 Å². The van der Waals surface area contributed by atoms with Crippen LogP contribution < -0.4 is 5.32 Å². The first-order valence-electron chi connectivity index (χ1n) is 4.66. The van der Waals surface area contributed by atoms with Gasteiger partial charge in [-0.1, -0.05) is 0 Å². The molecule has 0 radical (unpaired) electrons. The van der Waals surface area contributed by atoms with Gasteiger partial charge < -0.3 is 14.8 Å². The predicted octanol–water partition coefficient (Wildman–Crippen LogP) is 1.52. The van der Waals surface area contributed by atoms with Gasteiger partial charge in [-0.25, -0.2) is 0 Å². The van der Waals surface area contributed by atoms with Crippen LogP contribution in [-0.2, 0) is 13.6 Å². The van der Waals surface area contributed by atoms with Gasteiger partial charge in [0.05, 0.1) is 0 Å². The number of hydrogen-bond donors (Lipinski definition) is 1. The van der Waals surface area contributed by atoms with Crippen molar-refractivity contribution in [2.75, 3.05) is 27.2 Å². The molecule has 1 rings (SSSR count). The molecule has 0 aliphatic heterocycles. The second-order valence-corrected chi connectivity index (χ2v) is 3.59. The first-order valence-corrected chi connectivity index (χ1v) is 4.66. The minimum absolute atomic E-state index is 0. The Labute approximate surface area is 105 Å². The van der Waals surface area contributed by atoms with E-state index in [1.54, 1.807) is 0 Å². The molecule has 0 bridgehead atoms. The summed E-state index contributed by atoms with van der Waals surface area (Å²) in [4.78, 5) is 2.18. The van der Waals surface area contributed by atoms with Crippen molar-refractivity contribution in [3.05, 3.63) is 24.0 Å². The van der Waals surface area contributed by atoms with Gasteiger partial charge in [0, 0.05) is 38.6 Å². The van der Waals surface area contributed by atoms with Gasteiger partial charge in [0.25, 0.3) is 0 Å². The Morgan fingerprint density at radius 2 is 2.00 bits per heavy atom. The zero-order valence-electron chi connectivity index (χ0n) is 9.56. The Morgan fingerprint density at radius 3 is 2.47 bits per heavy atom. The van der Waals surface area contributed by atoms with Gasteiger partial charge in [-0.15, -0.1) is 24.8 Å². The predicted molar refractivity (Wildman–Crippen MR) is 70.2 cm³/mol. The topological polar surface area (TPSA) is 20.2 Å². The van der Waals surface area contributed by atoms with Crippen molar-refractivity contribution in [1.29, 1.82) is 0 Å². The summed E-state index contributed by atoms with van der Waals surface area (Å²) in [5.41, 5.74) is 1.33. The number of halogens is 2. The Hall–Kier alpha value is -0.220. The van der Waals surface area contributed by atoms with E-state index in [9.17, 15) is 0 Å². The van der Waals surface area contributed by atoms with Crippen molar-refractivity contribution in [3.63, 3.8) is 0 Å². The lowest BCUT2D eigenvalue weighted by Gasteiger charge is -2.10. The molecule has 0 fully saturated rings. The van der Waals surface area contributed by atoms with Gasteiger partial charge >= 0.3 is 0 Å². The van der Waals surface area contributed by atoms with E-state index in [1.165, 1.54) is 5.69 Å². The molecule has 1 N–H and O–H groups in total. The van der Waals surface area contributed by atoms with Crippen LogP contribution in [0.4, 0.5) is 0 Å². The Bertz CT molecular complexity index is 249. The molecule has 0 spiro atoms. The molecule has 1 heterocycles. The summed E-state index contributed by atoms with van der Waals surface area (Å²) in [6, 6.07) is 4.21. The molecule has 0 aliphatic rings. The van der Waals surface area contributed by atoms with Crippen LogP contribution in [0.15, 0.2) is 18.3 Å². The smallest absolute Gasteiger partial charge is 0.0359 e. The third-order valence-electron chi connectivity index (χ3n) is 2.09. The molecule has 0 atom stereocenters. The molecule has 0 aromatic carbocycles. The highest BCUT2D eigenvalue weighted by Gasteiger charge is 1.95. The van der Waals surface area contributed by atoms with Crippen LogP contribution in [0.1, 0.15) is 5.69 Å². The van der Waals surface area contributed by atoms with Crippen LogP contribution in [0, 0.1) is 0 Å². The summed E-state index contributed by atoms with van der Waals surface area (Å²) in [6.45, 7) is 3.08. The number of nitrogens with zero attached hydrogens (tertiary/aromatic N) is 2. The van der Waals surface area contributed by atoms with E-state index in [0.717, 1.165) is 19.6 Å². The minimum Gasteiger partial charge on any atom is -0.353 e. The lowest BCUT2D eigenvalue weighted by atomic mass is 10.4. The second-order valence-electron chi connectivity index (χ2n) is 3.59. The molecule has 0 saturated carbocycles. The zero-order valence-corrected chi connectivity index (χ0v) is 11.2. The van der Waals surface area contributed by atoms with Gasteiger partial charge in [0.15, 0.2) is 0 Å². The average molecular weight is 254 g/mol. The fourth-order valence-corrected chi connectivity index (χ4v) is 1.20. The molecule has 3 nitrogen and oxygen atoms in total. The quantitative estimate of drug-likeness (QED) is 0.804. The number of aryl methyl sites for hydroxylation is 1. The highest BCUT2D eigenvalue weighted by Crippen LogP contribution is 1.97. The van der Waals surface area contributed by atoms with E-state index in [2.05, 4.69) is 54.3 Å². The summed E-state index contributed by atoms with van der Waals surface area (Å²) < 4.78 is 2.14. The number of nitrogens with one attached hydrogen (secondary N) is 1. The maximum Gasteiger partial charge on any atom is 0.0359 e. The highest BCUT2D eigenvalue weighted by molar-refractivity contribution is 5.85. The summed E-state index contributed by atoms with van der Waals surface area (Å²) >= 11 is 0. The van der Waals surface area contributed by atoms with Crippen LogP contribution in [0.25, 0.3) is 0 Å². The van der Waals surface area contributed by atoms with Crippen LogP contribution >= 0.6 is 24.8 Å². The Kier molecular flexibility index (Phi) is 10.4. The summed E-state index contributed by atoms with van der Waals surface area (Å²) in [6.07, 6.45) is 2.07. The SMILES string of the molecule is CN(C)CCNCc1cccn1C.Cl.Cl. The molecular formula is C10H21Cl2N3. The van der Waals surface area contributed by atoms with Gasteiger partial charge in [-0.3, -0.25) is 0 Å². The van der Waals surface area contributed by atoms with Crippen LogP contribution in [0.5, 0.6) is 0 Å². The molecule has 0 saturated heterocycles. The fraction of sp³-hybridized carbons (Fsp3) is 0.600. The fourth-order valence-electron chi connectivity index (χ4n) is 1.20. The monoisotopic (exact) mass is 253 g/mol. The van der Waals surface area contributed by atoms with E-state index < -0.39 is 0 Å². The van der Waals surface area contributed by atoms with Gasteiger partial charge in [-0.05, 0) is 26.2 Å². The number of hydrogen-bond acceptors (Lipinski definition) is 2. The third kappa shape index (κ3) is 6.79. The Morgan fingerprint density at radius 1 is 1.33 bits per heavy atom. The molecule has 1 aromatic rings.